The largest absolute Gasteiger partial charge is 0.228 e. The molecule has 6 aromatic carbocycles. The summed E-state index contributed by atoms with van der Waals surface area (Å²) < 4.78 is 0. The van der Waals surface area contributed by atoms with Crippen LogP contribution >= 0.6 is 11.8 Å². The van der Waals surface area contributed by atoms with Crippen LogP contribution in [0.25, 0.3) is 55.8 Å². The van der Waals surface area contributed by atoms with Crippen molar-refractivity contribution in [2.75, 3.05) is 0 Å². The zero-order valence-corrected chi connectivity index (χ0v) is 26.3. The molecule has 46 heavy (non-hydrogen) atoms. The molecule has 8 rings (SSSR count). The molecular weight excluding hydrogens is 579 g/mol. The van der Waals surface area contributed by atoms with Crippen molar-refractivity contribution in [3.05, 3.63) is 156 Å². The Hall–Kier alpha value is -5.50. The van der Waals surface area contributed by atoms with Crippen LogP contribution in [0.4, 0.5) is 0 Å². The maximum absolute atomic E-state index is 9.46. The van der Waals surface area contributed by atoms with Gasteiger partial charge in [0, 0.05) is 31.9 Å². The Morgan fingerprint density at radius 1 is 0.522 bits per heavy atom. The third-order valence-corrected chi connectivity index (χ3v) is 10.1. The van der Waals surface area contributed by atoms with Crippen molar-refractivity contribution in [3.8, 4) is 51.1 Å². The molecule has 1 aromatic heterocycles. The lowest BCUT2D eigenvalue weighted by Crippen LogP contribution is -2.23. The van der Waals surface area contributed by atoms with Crippen LogP contribution in [0.2, 0.25) is 0 Å². The van der Waals surface area contributed by atoms with Crippen molar-refractivity contribution in [1.29, 1.82) is 5.26 Å². The van der Waals surface area contributed by atoms with Gasteiger partial charge in [0.15, 0.2) is 5.82 Å². The summed E-state index contributed by atoms with van der Waals surface area (Å²) in [5.74, 6) is 0.710. The number of hydrogen-bond donors (Lipinski definition) is 0. The summed E-state index contributed by atoms with van der Waals surface area (Å²) >= 11 is 1.79. The van der Waals surface area contributed by atoms with Gasteiger partial charge in [0.05, 0.1) is 23.0 Å². The minimum Gasteiger partial charge on any atom is -0.228 e. The standard InChI is InChI=1S/C42H29N3S/c1-42(2)35-20-19-33(24-40(35)46-39-21-12-27(26-43)22-36(39)42)29-13-16-30(17-14-29)37-25-38(45-41(44-37)31-9-4-3-5-10-31)34-18-15-28-8-6-7-11-32(28)23-34/h3-25H,1-2H3. The van der Waals surface area contributed by atoms with Crippen molar-refractivity contribution in [2.45, 2.75) is 29.1 Å². The molecule has 3 nitrogen and oxygen atoms in total. The van der Waals surface area contributed by atoms with E-state index in [0.717, 1.165) is 33.6 Å². The lowest BCUT2D eigenvalue weighted by molar-refractivity contribution is 0.607. The molecule has 2 heterocycles. The summed E-state index contributed by atoms with van der Waals surface area (Å²) in [4.78, 5) is 12.5. The Bertz CT molecular complexity index is 2320. The quantitative estimate of drug-likeness (QED) is 0.200. The van der Waals surface area contributed by atoms with Crippen LogP contribution in [0.15, 0.2) is 149 Å². The van der Waals surface area contributed by atoms with E-state index >= 15 is 0 Å². The maximum Gasteiger partial charge on any atom is 0.160 e. The molecule has 0 aliphatic carbocycles. The molecule has 0 N–H and O–H groups in total. The summed E-state index contributed by atoms with van der Waals surface area (Å²) in [6.07, 6.45) is 0. The van der Waals surface area contributed by atoms with Gasteiger partial charge in [-0.3, -0.25) is 0 Å². The lowest BCUT2D eigenvalue weighted by atomic mass is 9.77. The first-order valence-electron chi connectivity index (χ1n) is 15.4. The molecule has 0 unspecified atom stereocenters. The molecule has 7 aromatic rings. The van der Waals surface area contributed by atoms with E-state index in [1.807, 2.05) is 30.3 Å². The molecule has 0 spiro atoms. The highest BCUT2D eigenvalue weighted by atomic mass is 32.2. The molecule has 0 atom stereocenters. The Morgan fingerprint density at radius 3 is 1.98 bits per heavy atom. The Morgan fingerprint density at radius 2 is 1.20 bits per heavy atom. The third kappa shape index (κ3) is 4.96. The number of benzene rings is 6. The van der Waals surface area contributed by atoms with E-state index in [0.29, 0.717) is 11.4 Å². The number of nitriles is 1. The molecule has 4 heteroatoms. The number of hydrogen-bond acceptors (Lipinski definition) is 4. The van der Waals surface area contributed by atoms with Gasteiger partial charge in [0.2, 0.25) is 0 Å². The van der Waals surface area contributed by atoms with E-state index in [2.05, 4.69) is 129 Å². The zero-order valence-electron chi connectivity index (χ0n) is 25.5. The normalized spacial score (nSPS) is 13.1. The van der Waals surface area contributed by atoms with E-state index < -0.39 is 0 Å². The molecule has 218 valence electrons. The van der Waals surface area contributed by atoms with E-state index in [1.54, 1.807) is 11.8 Å². The van der Waals surface area contributed by atoms with Gasteiger partial charge in [0.25, 0.3) is 0 Å². The predicted octanol–water partition coefficient (Wildman–Crippen LogP) is 11.0. The molecular formula is C42H29N3S. The molecule has 0 amide bonds. The summed E-state index contributed by atoms with van der Waals surface area (Å²) in [6.45, 7) is 4.50. The first-order chi connectivity index (χ1) is 22.5. The minimum absolute atomic E-state index is 0.183. The lowest BCUT2D eigenvalue weighted by Gasteiger charge is -2.35. The fraction of sp³-hybridized carbons (Fsp3) is 0.0714. The fourth-order valence-electron chi connectivity index (χ4n) is 6.38. The molecule has 0 saturated heterocycles. The number of fused-ring (bicyclic) bond motifs is 3. The second kappa shape index (κ2) is 11.1. The fourth-order valence-corrected chi connectivity index (χ4v) is 7.80. The van der Waals surface area contributed by atoms with Crippen LogP contribution in [0.1, 0.15) is 30.5 Å². The number of nitrogens with zero attached hydrogens (tertiary/aromatic N) is 3. The first-order valence-corrected chi connectivity index (χ1v) is 16.2. The monoisotopic (exact) mass is 607 g/mol. The number of aromatic nitrogens is 2. The molecule has 1 aliphatic rings. The van der Waals surface area contributed by atoms with E-state index in [9.17, 15) is 5.26 Å². The highest BCUT2D eigenvalue weighted by molar-refractivity contribution is 7.99. The first kappa shape index (κ1) is 28.0. The van der Waals surface area contributed by atoms with Gasteiger partial charge in [-0.15, -0.1) is 0 Å². The summed E-state index contributed by atoms with van der Waals surface area (Å²) in [7, 11) is 0. The third-order valence-electron chi connectivity index (χ3n) is 8.97. The van der Waals surface area contributed by atoms with Crippen LogP contribution in [-0.2, 0) is 5.41 Å². The van der Waals surface area contributed by atoms with E-state index in [4.69, 9.17) is 9.97 Å². The molecule has 0 radical (unpaired) electrons. The van der Waals surface area contributed by atoms with Gasteiger partial charge in [-0.05, 0) is 69.4 Å². The van der Waals surface area contributed by atoms with Crippen LogP contribution < -0.4 is 0 Å². The smallest absolute Gasteiger partial charge is 0.160 e. The van der Waals surface area contributed by atoms with Crippen LogP contribution in [-0.4, -0.2) is 9.97 Å². The second-order valence-corrected chi connectivity index (χ2v) is 13.3. The van der Waals surface area contributed by atoms with Gasteiger partial charge >= 0.3 is 0 Å². The SMILES string of the molecule is CC1(C)c2ccc(-c3ccc(-c4cc(-c5ccc6ccccc6c5)nc(-c5ccccc5)n4)cc3)cc2Sc2ccc(C#N)cc21. The Kier molecular flexibility index (Phi) is 6.78. The average molecular weight is 608 g/mol. The molecule has 0 fully saturated rings. The summed E-state index contributed by atoms with van der Waals surface area (Å²) in [5, 5.41) is 11.9. The average Bonchev–Trinajstić information content (AvgIpc) is 3.11. The molecule has 0 bridgehead atoms. The topological polar surface area (TPSA) is 49.6 Å². The molecule has 0 saturated carbocycles. The second-order valence-electron chi connectivity index (χ2n) is 12.2. The van der Waals surface area contributed by atoms with Crippen molar-refractivity contribution in [3.63, 3.8) is 0 Å². The minimum atomic E-state index is -0.183. The van der Waals surface area contributed by atoms with Crippen LogP contribution in [0.3, 0.4) is 0 Å². The zero-order chi connectivity index (χ0) is 31.3. The molecule has 1 aliphatic heterocycles. The summed E-state index contributed by atoms with van der Waals surface area (Å²) in [5.41, 5.74) is 10.2. The maximum atomic E-state index is 9.46. The van der Waals surface area contributed by atoms with E-state index in [-0.39, 0.29) is 5.41 Å². The van der Waals surface area contributed by atoms with Gasteiger partial charge in [-0.1, -0.05) is 129 Å². The van der Waals surface area contributed by atoms with Gasteiger partial charge in [-0.2, -0.15) is 5.26 Å². The van der Waals surface area contributed by atoms with Crippen molar-refractivity contribution < 1.29 is 0 Å². The van der Waals surface area contributed by atoms with Crippen LogP contribution in [0.5, 0.6) is 0 Å². The van der Waals surface area contributed by atoms with E-state index in [1.165, 1.54) is 37.3 Å². The highest BCUT2D eigenvalue weighted by Gasteiger charge is 2.33. The summed E-state index contributed by atoms with van der Waals surface area (Å²) in [6, 6.07) is 51.0. The Labute approximate surface area is 273 Å². The number of rotatable bonds is 4. The van der Waals surface area contributed by atoms with Crippen molar-refractivity contribution >= 4 is 22.5 Å². The van der Waals surface area contributed by atoms with Gasteiger partial charge < -0.3 is 0 Å². The van der Waals surface area contributed by atoms with Gasteiger partial charge in [-0.25, -0.2) is 9.97 Å². The van der Waals surface area contributed by atoms with Crippen molar-refractivity contribution in [2.24, 2.45) is 0 Å². The van der Waals surface area contributed by atoms with Gasteiger partial charge in [0.1, 0.15) is 0 Å². The van der Waals surface area contributed by atoms with Crippen LogP contribution in [0, 0.1) is 11.3 Å². The predicted molar refractivity (Wildman–Crippen MR) is 189 cm³/mol. The Balaban J connectivity index is 1.16. The van der Waals surface area contributed by atoms with Crippen molar-refractivity contribution in [1.82, 2.24) is 9.97 Å². The highest BCUT2D eigenvalue weighted by Crippen LogP contribution is 2.50.